The van der Waals surface area contributed by atoms with E-state index in [1.807, 2.05) is 24.3 Å². The number of nitrogens with one attached hydrogen (secondary N) is 1. The lowest BCUT2D eigenvalue weighted by Crippen LogP contribution is -1.97. The fourth-order valence-electron chi connectivity index (χ4n) is 0.724. The lowest BCUT2D eigenvalue weighted by atomic mass is 10.2. The smallest absolute Gasteiger partial charge is 0.0359 e. The molecule has 1 aromatic rings. The topological polar surface area (TPSA) is 12.0 Å². The number of halogens is 2. The van der Waals surface area contributed by atoms with Crippen LogP contribution in [0.5, 0.6) is 0 Å². The monoisotopic (exact) mass is 219 g/mol. The van der Waals surface area contributed by atoms with Crippen LogP contribution in [0, 0.1) is 0 Å². The van der Waals surface area contributed by atoms with E-state index in [0.717, 1.165) is 4.47 Å². The Labute approximate surface area is 73.6 Å². The molecule has 10 heavy (non-hydrogen) atoms. The quantitative estimate of drug-likeness (QED) is 0.756. The van der Waals surface area contributed by atoms with Gasteiger partial charge in [0.1, 0.15) is 0 Å². The van der Waals surface area contributed by atoms with Crippen molar-refractivity contribution in [2.24, 2.45) is 0 Å². The van der Waals surface area contributed by atoms with Gasteiger partial charge in [-0.25, -0.2) is 4.84 Å². The minimum atomic E-state index is 0.695. The van der Waals surface area contributed by atoms with Gasteiger partial charge in [-0.05, 0) is 29.5 Å². The first-order chi connectivity index (χ1) is 4.83. The summed E-state index contributed by atoms with van der Waals surface area (Å²) in [5, 5.41) is 0. The maximum Gasteiger partial charge on any atom is 0.0359 e. The molecular formula is C7H7BrClN. The summed E-state index contributed by atoms with van der Waals surface area (Å²) in [6.07, 6.45) is 0. The Kier molecular flexibility index (Phi) is 3.19. The molecule has 0 saturated heterocycles. The molecule has 1 aromatic carbocycles. The number of hydrogen-bond acceptors (Lipinski definition) is 1. The Balaban J connectivity index is 2.75. The highest BCUT2D eigenvalue weighted by Gasteiger charge is 1.90. The molecule has 1 rings (SSSR count). The second-order valence-electron chi connectivity index (χ2n) is 1.94. The summed E-state index contributed by atoms with van der Waals surface area (Å²) in [4.78, 5) is 2.56. The fraction of sp³-hybridized carbons (Fsp3) is 0.143. The number of benzene rings is 1. The predicted molar refractivity (Wildman–Crippen MR) is 46.8 cm³/mol. The summed E-state index contributed by atoms with van der Waals surface area (Å²) in [5.74, 6) is 0. The molecule has 0 amide bonds. The molecule has 0 unspecified atom stereocenters. The molecular weight excluding hydrogens is 213 g/mol. The molecule has 0 aliphatic carbocycles. The van der Waals surface area contributed by atoms with E-state index in [2.05, 4.69) is 20.8 Å². The van der Waals surface area contributed by atoms with Crippen LogP contribution in [0.4, 0.5) is 0 Å². The molecule has 0 saturated carbocycles. The van der Waals surface area contributed by atoms with Crippen molar-refractivity contribution < 1.29 is 0 Å². The Hall–Kier alpha value is -0.0500. The second-order valence-corrected chi connectivity index (χ2v) is 3.12. The molecule has 1 N–H and O–H groups in total. The minimum absolute atomic E-state index is 0.695. The van der Waals surface area contributed by atoms with E-state index in [4.69, 9.17) is 11.8 Å². The van der Waals surface area contributed by atoms with Crippen LogP contribution in [0.2, 0.25) is 0 Å². The van der Waals surface area contributed by atoms with Gasteiger partial charge in [0.15, 0.2) is 0 Å². The van der Waals surface area contributed by atoms with Crippen LogP contribution in [-0.4, -0.2) is 0 Å². The highest BCUT2D eigenvalue weighted by atomic mass is 79.9. The van der Waals surface area contributed by atoms with Crippen LogP contribution >= 0.6 is 27.7 Å². The van der Waals surface area contributed by atoms with Crippen molar-refractivity contribution in [1.82, 2.24) is 4.84 Å². The van der Waals surface area contributed by atoms with Crippen molar-refractivity contribution in [2.75, 3.05) is 0 Å². The van der Waals surface area contributed by atoms with Gasteiger partial charge in [-0.1, -0.05) is 28.1 Å². The average molecular weight is 220 g/mol. The molecule has 0 atom stereocenters. The van der Waals surface area contributed by atoms with Crippen LogP contribution in [0.15, 0.2) is 28.7 Å². The fourth-order valence-corrected chi connectivity index (χ4v) is 1.33. The molecule has 1 nitrogen and oxygen atoms in total. The van der Waals surface area contributed by atoms with Gasteiger partial charge in [-0.3, -0.25) is 0 Å². The van der Waals surface area contributed by atoms with Gasteiger partial charge in [-0.2, -0.15) is 0 Å². The predicted octanol–water partition coefficient (Wildman–Crippen LogP) is 2.69. The van der Waals surface area contributed by atoms with E-state index in [1.54, 1.807) is 0 Å². The summed E-state index contributed by atoms with van der Waals surface area (Å²) in [6, 6.07) is 8.00. The van der Waals surface area contributed by atoms with Gasteiger partial charge in [0, 0.05) is 11.0 Å². The molecule has 0 aliphatic rings. The maximum atomic E-state index is 5.32. The van der Waals surface area contributed by atoms with Crippen LogP contribution in [0.3, 0.4) is 0 Å². The third kappa shape index (κ3) is 2.29. The summed E-state index contributed by atoms with van der Waals surface area (Å²) >= 11 is 8.68. The Morgan fingerprint density at radius 3 is 2.90 bits per heavy atom. The van der Waals surface area contributed by atoms with Gasteiger partial charge in [0.2, 0.25) is 0 Å². The van der Waals surface area contributed by atoms with Crippen LogP contribution in [0.1, 0.15) is 5.56 Å². The summed E-state index contributed by atoms with van der Waals surface area (Å²) in [5.41, 5.74) is 1.17. The molecule has 0 spiro atoms. The molecule has 0 aliphatic heterocycles. The third-order valence-corrected chi connectivity index (χ3v) is 1.79. The van der Waals surface area contributed by atoms with Gasteiger partial charge >= 0.3 is 0 Å². The minimum Gasteiger partial charge on any atom is -0.229 e. The van der Waals surface area contributed by atoms with Crippen molar-refractivity contribution in [3.8, 4) is 0 Å². The van der Waals surface area contributed by atoms with Crippen LogP contribution in [-0.2, 0) is 6.54 Å². The Morgan fingerprint density at radius 1 is 1.50 bits per heavy atom. The highest BCUT2D eigenvalue weighted by Crippen LogP contribution is 2.11. The summed E-state index contributed by atoms with van der Waals surface area (Å²) in [7, 11) is 0. The average Bonchev–Trinajstić information content (AvgIpc) is 1.88. The zero-order chi connectivity index (χ0) is 7.40. The molecule has 0 fully saturated rings. The van der Waals surface area contributed by atoms with E-state index in [1.165, 1.54) is 5.56 Å². The Morgan fingerprint density at radius 2 is 2.30 bits per heavy atom. The molecule has 0 aromatic heterocycles. The van der Waals surface area contributed by atoms with E-state index in [9.17, 15) is 0 Å². The molecule has 54 valence electrons. The third-order valence-electron chi connectivity index (χ3n) is 1.16. The van der Waals surface area contributed by atoms with E-state index >= 15 is 0 Å². The molecule has 3 heteroatoms. The first-order valence-electron chi connectivity index (χ1n) is 2.91. The summed E-state index contributed by atoms with van der Waals surface area (Å²) < 4.78 is 1.08. The number of rotatable bonds is 2. The van der Waals surface area contributed by atoms with Gasteiger partial charge in [0.05, 0.1) is 0 Å². The standard InChI is InChI=1S/C7H7BrClN/c8-7-3-1-2-6(4-7)5-10-9/h1-4,10H,5H2. The molecule has 0 heterocycles. The van der Waals surface area contributed by atoms with Gasteiger partial charge in [-0.15, -0.1) is 0 Å². The largest absolute Gasteiger partial charge is 0.229 e. The van der Waals surface area contributed by atoms with Crippen molar-refractivity contribution >= 4 is 27.7 Å². The second kappa shape index (κ2) is 3.96. The Bertz CT molecular complexity index is 215. The van der Waals surface area contributed by atoms with Crippen molar-refractivity contribution in [2.45, 2.75) is 6.54 Å². The number of hydrogen-bond donors (Lipinski definition) is 1. The van der Waals surface area contributed by atoms with Crippen LogP contribution in [0.25, 0.3) is 0 Å². The molecule has 0 radical (unpaired) electrons. The van der Waals surface area contributed by atoms with Crippen molar-refractivity contribution in [3.63, 3.8) is 0 Å². The lowest BCUT2D eigenvalue weighted by Gasteiger charge is -1.97. The zero-order valence-electron chi connectivity index (χ0n) is 5.27. The maximum absolute atomic E-state index is 5.32. The SMILES string of the molecule is ClNCc1cccc(Br)c1. The summed E-state index contributed by atoms with van der Waals surface area (Å²) in [6.45, 7) is 0.695. The zero-order valence-corrected chi connectivity index (χ0v) is 7.61. The van der Waals surface area contributed by atoms with E-state index in [0.29, 0.717) is 6.54 Å². The van der Waals surface area contributed by atoms with Gasteiger partial charge in [0.25, 0.3) is 0 Å². The van der Waals surface area contributed by atoms with E-state index < -0.39 is 0 Å². The first-order valence-corrected chi connectivity index (χ1v) is 4.08. The molecule has 0 bridgehead atoms. The highest BCUT2D eigenvalue weighted by molar-refractivity contribution is 9.10. The van der Waals surface area contributed by atoms with E-state index in [-0.39, 0.29) is 0 Å². The first kappa shape index (κ1) is 8.05. The van der Waals surface area contributed by atoms with Crippen LogP contribution < -0.4 is 4.84 Å². The van der Waals surface area contributed by atoms with Crippen molar-refractivity contribution in [1.29, 1.82) is 0 Å². The van der Waals surface area contributed by atoms with Gasteiger partial charge < -0.3 is 0 Å². The van der Waals surface area contributed by atoms with Crippen molar-refractivity contribution in [3.05, 3.63) is 34.3 Å². The normalized spacial score (nSPS) is 9.80. The lowest BCUT2D eigenvalue weighted by molar-refractivity contribution is 0.963.